The summed E-state index contributed by atoms with van der Waals surface area (Å²) in [4.78, 5) is 12.1. The molecule has 2 N–H and O–H groups in total. The second-order valence-corrected chi connectivity index (χ2v) is 5.29. The van der Waals surface area contributed by atoms with E-state index in [4.69, 9.17) is 5.26 Å². The van der Waals surface area contributed by atoms with E-state index in [1.807, 2.05) is 31.2 Å². The quantitative estimate of drug-likeness (QED) is 0.487. The maximum atomic E-state index is 13.5. The number of carbonyl (C=O) groups is 1. The predicted octanol–water partition coefficient (Wildman–Crippen LogP) is 3.31. The highest BCUT2D eigenvalue weighted by Crippen LogP contribution is 2.11. The summed E-state index contributed by atoms with van der Waals surface area (Å²) in [7, 11) is 0. The van der Waals surface area contributed by atoms with Gasteiger partial charge in [0.1, 0.15) is 17.5 Å². The summed E-state index contributed by atoms with van der Waals surface area (Å²) in [5, 5.41) is 14.7. The summed E-state index contributed by atoms with van der Waals surface area (Å²) < 4.78 is 13.5. The second-order valence-electron chi connectivity index (χ2n) is 5.29. The normalized spacial score (nSPS) is 10.8. The average Bonchev–Trinajstić information content (AvgIpc) is 2.56. The Morgan fingerprint density at radius 3 is 2.75 bits per heavy atom. The molecule has 0 aromatic heterocycles. The highest BCUT2D eigenvalue weighted by Gasteiger charge is 2.09. The Kier molecular flexibility index (Phi) is 6.09. The lowest BCUT2D eigenvalue weighted by Gasteiger charge is -2.06. The van der Waals surface area contributed by atoms with Gasteiger partial charge in [-0.1, -0.05) is 30.3 Å². The lowest BCUT2D eigenvalue weighted by Crippen LogP contribution is -2.18. The van der Waals surface area contributed by atoms with Crippen molar-refractivity contribution >= 4 is 11.6 Å². The maximum Gasteiger partial charge on any atom is 0.267 e. The first-order valence-corrected chi connectivity index (χ1v) is 7.55. The monoisotopic (exact) mass is 323 g/mol. The molecular formula is C19H18FN3O. The molecule has 0 aliphatic rings. The molecule has 2 rings (SSSR count). The standard InChI is InChI=1S/C19H18FN3O/c1-14-5-4-7-17(11-14)23-19(24)16(12-21)13-22-10-9-15-6-2-3-8-18(15)20/h2-8,11,13,22H,9-10H2,1H3,(H,23,24)/b16-13-. The molecule has 0 aliphatic heterocycles. The SMILES string of the molecule is Cc1cccc(NC(=O)/C(C#N)=C\NCCc2ccccc2F)c1. The van der Waals surface area contributed by atoms with Crippen LogP contribution < -0.4 is 10.6 Å². The van der Waals surface area contributed by atoms with Gasteiger partial charge in [-0.05, 0) is 42.7 Å². The second kappa shape index (κ2) is 8.49. The molecular weight excluding hydrogens is 305 g/mol. The van der Waals surface area contributed by atoms with Crippen LogP contribution in [0.15, 0.2) is 60.3 Å². The van der Waals surface area contributed by atoms with E-state index in [0.717, 1.165) is 5.56 Å². The lowest BCUT2D eigenvalue weighted by atomic mass is 10.1. The first kappa shape index (κ1) is 17.2. The fourth-order valence-corrected chi connectivity index (χ4v) is 2.15. The maximum absolute atomic E-state index is 13.5. The molecule has 0 heterocycles. The molecule has 0 bridgehead atoms. The van der Waals surface area contributed by atoms with Crippen LogP contribution in [-0.2, 0) is 11.2 Å². The summed E-state index contributed by atoms with van der Waals surface area (Å²) in [5.74, 6) is -0.748. The van der Waals surface area contributed by atoms with E-state index in [1.54, 1.807) is 24.3 Å². The topological polar surface area (TPSA) is 64.9 Å². The number of nitriles is 1. The van der Waals surface area contributed by atoms with Crippen molar-refractivity contribution in [1.29, 1.82) is 5.26 Å². The Balaban J connectivity index is 1.90. The van der Waals surface area contributed by atoms with E-state index in [-0.39, 0.29) is 11.4 Å². The summed E-state index contributed by atoms with van der Waals surface area (Å²) in [6.07, 6.45) is 1.81. The number of hydrogen-bond donors (Lipinski definition) is 2. The Morgan fingerprint density at radius 1 is 1.25 bits per heavy atom. The molecule has 0 radical (unpaired) electrons. The van der Waals surface area contributed by atoms with Crippen molar-refractivity contribution in [2.24, 2.45) is 0 Å². The van der Waals surface area contributed by atoms with Crippen LogP contribution in [-0.4, -0.2) is 12.5 Å². The molecule has 0 unspecified atom stereocenters. The molecule has 0 spiro atoms. The van der Waals surface area contributed by atoms with Gasteiger partial charge < -0.3 is 10.6 Å². The number of halogens is 1. The van der Waals surface area contributed by atoms with Gasteiger partial charge in [-0.2, -0.15) is 5.26 Å². The third-order valence-electron chi connectivity index (χ3n) is 3.38. The Labute approximate surface area is 140 Å². The van der Waals surface area contributed by atoms with E-state index in [2.05, 4.69) is 10.6 Å². The number of rotatable bonds is 6. The number of nitrogens with zero attached hydrogens (tertiary/aromatic N) is 1. The Morgan fingerprint density at radius 2 is 2.04 bits per heavy atom. The van der Waals surface area contributed by atoms with Crippen LogP contribution in [0.1, 0.15) is 11.1 Å². The van der Waals surface area contributed by atoms with Gasteiger partial charge >= 0.3 is 0 Å². The van der Waals surface area contributed by atoms with Gasteiger partial charge in [0.05, 0.1) is 0 Å². The van der Waals surface area contributed by atoms with Crippen LogP contribution in [0.4, 0.5) is 10.1 Å². The Bertz CT molecular complexity index is 793. The van der Waals surface area contributed by atoms with Gasteiger partial charge in [0.15, 0.2) is 0 Å². The number of anilines is 1. The van der Waals surface area contributed by atoms with Gasteiger partial charge in [-0.25, -0.2) is 4.39 Å². The van der Waals surface area contributed by atoms with Crippen molar-refractivity contribution in [2.75, 3.05) is 11.9 Å². The summed E-state index contributed by atoms with van der Waals surface area (Å²) in [6.45, 7) is 2.34. The van der Waals surface area contributed by atoms with Crippen molar-refractivity contribution in [3.05, 3.63) is 77.2 Å². The van der Waals surface area contributed by atoms with E-state index in [0.29, 0.717) is 24.2 Å². The fourth-order valence-electron chi connectivity index (χ4n) is 2.15. The molecule has 2 aromatic carbocycles. The van der Waals surface area contributed by atoms with Crippen molar-refractivity contribution in [3.63, 3.8) is 0 Å². The first-order valence-electron chi connectivity index (χ1n) is 7.55. The van der Waals surface area contributed by atoms with Gasteiger partial charge in [0.2, 0.25) is 0 Å². The van der Waals surface area contributed by atoms with E-state index in [9.17, 15) is 9.18 Å². The molecule has 2 aromatic rings. The average molecular weight is 323 g/mol. The minimum absolute atomic E-state index is 0.0370. The smallest absolute Gasteiger partial charge is 0.267 e. The van der Waals surface area contributed by atoms with Crippen LogP contribution >= 0.6 is 0 Å². The van der Waals surface area contributed by atoms with Gasteiger partial charge in [0.25, 0.3) is 5.91 Å². The molecule has 5 heteroatoms. The highest BCUT2D eigenvalue weighted by molar-refractivity contribution is 6.06. The molecule has 0 saturated heterocycles. The van der Waals surface area contributed by atoms with Crippen molar-refractivity contribution in [2.45, 2.75) is 13.3 Å². The zero-order chi connectivity index (χ0) is 17.4. The van der Waals surface area contributed by atoms with Crippen LogP contribution in [0.2, 0.25) is 0 Å². The zero-order valence-corrected chi connectivity index (χ0v) is 13.3. The van der Waals surface area contributed by atoms with Crippen LogP contribution in [0.5, 0.6) is 0 Å². The highest BCUT2D eigenvalue weighted by atomic mass is 19.1. The minimum Gasteiger partial charge on any atom is -0.389 e. The fraction of sp³-hybridized carbons (Fsp3) is 0.158. The first-order chi connectivity index (χ1) is 11.6. The van der Waals surface area contributed by atoms with Crippen molar-refractivity contribution in [3.8, 4) is 6.07 Å². The number of amides is 1. The zero-order valence-electron chi connectivity index (χ0n) is 13.3. The summed E-state index contributed by atoms with van der Waals surface area (Å²) in [5.41, 5.74) is 2.19. The molecule has 122 valence electrons. The molecule has 0 fully saturated rings. The molecule has 0 atom stereocenters. The number of nitrogens with one attached hydrogen (secondary N) is 2. The summed E-state index contributed by atoms with van der Waals surface area (Å²) in [6, 6.07) is 15.7. The number of benzene rings is 2. The van der Waals surface area contributed by atoms with Gasteiger partial charge in [-0.15, -0.1) is 0 Å². The van der Waals surface area contributed by atoms with Gasteiger partial charge in [0, 0.05) is 18.4 Å². The third-order valence-corrected chi connectivity index (χ3v) is 3.38. The summed E-state index contributed by atoms with van der Waals surface area (Å²) >= 11 is 0. The van der Waals surface area contributed by atoms with E-state index in [1.165, 1.54) is 12.3 Å². The molecule has 1 amide bonds. The minimum atomic E-state index is -0.485. The Hall–Kier alpha value is -3.13. The van der Waals surface area contributed by atoms with Crippen LogP contribution in [0.3, 0.4) is 0 Å². The molecule has 24 heavy (non-hydrogen) atoms. The van der Waals surface area contributed by atoms with E-state index >= 15 is 0 Å². The third kappa shape index (κ3) is 4.96. The largest absolute Gasteiger partial charge is 0.389 e. The van der Waals surface area contributed by atoms with Crippen molar-refractivity contribution < 1.29 is 9.18 Å². The number of carbonyl (C=O) groups excluding carboxylic acids is 1. The lowest BCUT2D eigenvalue weighted by molar-refractivity contribution is -0.112. The number of aryl methyl sites for hydroxylation is 1. The van der Waals surface area contributed by atoms with Crippen LogP contribution in [0, 0.1) is 24.1 Å². The van der Waals surface area contributed by atoms with Crippen molar-refractivity contribution in [1.82, 2.24) is 5.32 Å². The van der Waals surface area contributed by atoms with Crippen LogP contribution in [0.25, 0.3) is 0 Å². The van der Waals surface area contributed by atoms with E-state index < -0.39 is 5.91 Å². The number of hydrogen-bond acceptors (Lipinski definition) is 3. The molecule has 0 saturated carbocycles. The predicted molar refractivity (Wildman–Crippen MR) is 91.6 cm³/mol. The molecule has 0 aliphatic carbocycles. The van der Waals surface area contributed by atoms with Gasteiger partial charge in [-0.3, -0.25) is 4.79 Å². The molecule has 4 nitrogen and oxygen atoms in total.